The Balaban J connectivity index is 1.54. The van der Waals surface area contributed by atoms with Crippen molar-refractivity contribution in [2.75, 3.05) is 16.4 Å². The monoisotopic (exact) mass is 473 g/mol. The Bertz CT molecular complexity index is 1480. The molecule has 0 fully saturated rings. The van der Waals surface area contributed by atoms with Crippen LogP contribution >= 0.6 is 0 Å². The van der Waals surface area contributed by atoms with E-state index in [2.05, 4.69) is 20.6 Å². The maximum Gasteiger partial charge on any atom is 0.221 e. The summed E-state index contributed by atoms with van der Waals surface area (Å²) in [7, 11) is -3.54. The summed E-state index contributed by atoms with van der Waals surface area (Å²) < 4.78 is 25.3. The van der Waals surface area contributed by atoms with Gasteiger partial charge in [0.1, 0.15) is 5.82 Å². The van der Waals surface area contributed by atoms with Crippen molar-refractivity contribution in [3.05, 3.63) is 85.1 Å². The summed E-state index contributed by atoms with van der Waals surface area (Å²) in [6.45, 7) is 3.36. The molecule has 4 rings (SSSR count). The van der Waals surface area contributed by atoms with Gasteiger partial charge in [-0.2, -0.15) is 0 Å². The zero-order valence-electron chi connectivity index (χ0n) is 18.7. The van der Waals surface area contributed by atoms with Gasteiger partial charge in [0.2, 0.25) is 5.91 Å². The van der Waals surface area contributed by atoms with Crippen molar-refractivity contribution < 1.29 is 13.2 Å². The highest BCUT2D eigenvalue weighted by atomic mass is 32.2. The first-order chi connectivity index (χ1) is 16.3. The van der Waals surface area contributed by atoms with Crippen LogP contribution in [-0.2, 0) is 14.6 Å². The Kier molecular flexibility index (Phi) is 6.65. The lowest BCUT2D eigenvalue weighted by Gasteiger charge is -2.10. The van der Waals surface area contributed by atoms with Crippen LogP contribution in [0, 0.1) is 6.92 Å². The molecular formula is C25H23N5O3S. The lowest BCUT2D eigenvalue weighted by atomic mass is 10.1. The molecule has 9 heteroatoms. The molecule has 0 aliphatic heterocycles. The smallest absolute Gasteiger partial charge is 0.221 e. The number of benzene rings is 1. The molecule has 3 heterocycles. The van der Waals surface area contributed by atoms with E-state index in [1.165, 1.54) is 25.1 Å². The van der Waals surface area contributed by atoms with Crippen molar-refractivity contribution in [1.82, 2.24) is 15.0 Å². The topological polar surface area (TPSA) is 114 Å². The van der Waals surface area contributed by atoms with Crippen molar-refractivity contribution in [3.63, 3.8) is 0 Å². The number of nitrogens with one attached hydrogen (secondary N) is 2. The van der Waals surface area contributed by atoms with Gasteiger partial charge in [-0.25, -0.2) is 13.4 Å². The Labute approximate surface area is 197 Å². The standard InChI is InChI=1S/C25H23N5O3S/c1-17-15-26-11-8-22(17)24-14-19-16-27-12-9-23(19)25(30-24)28-10-3-13-34(32,33)21-6-4-20(5-7-21)29-18(2)31/h3-12,14-16H,13H2,1-2H3,(H,28,30)(H,29,31). The average Bonchev–Trinajstić information content (AvgIpc) is 2.82. The molecule has 34 heavy (non-hydrogen) atoms. The van der Waals surface area contributed by atoms with E-state index < -0.39 is 9.84 Å². The van der Waals surface area contributed by atoms with Gasteiger partial charge >= 0.3 is 0 Å². The van der Waals surface area contributed by atoms with E-state index in [0.717, 1.165) is 27.6 Å². The Morgan fingerprint density at radius 1 is 1.03 bits per heavy atom. The average molecular weight is 474 g/mol. The van der Waals surface area contributed by atoms with Gasteiger partial charge in [0.15, 0.2) is 9.84 Å². The quantitative estimate of drug-likeness (QED) is 0.410. The van der Waals surface area contributed by atoms with Crippen LogP contribution in [0.4, 0.5) is 11.5 Å². The summed E-state index contributed by atoms with van der Waals surface area (Å²) >= 11 is 0. The Morgan fingerprint density at radius 2 is 1.76 bits per heavy atom. The number of aromatic nitrogens is 3. The summed E-state index contributed by atoms with van der Waals surface area (Å²) in [4.78, 5) is 24.4. The van der Waals surface area contributed by atoms with E-state index in [0.29, 0.717) is 11.5 Å². The van der Waals surface area contributed by atoms with Crippen LogP contribution in [-0.4, -0.2) is 35.0 Å². The van der Waals surface area contributed by atoms with E-state index in [1.54, 1.807) is 43.1 Å². The SMILES string of the molecule is CC(=O)Nc1ccc(S(=O)(=O)CC=CNc2nc(-c3ccncc3C)cc3cnccc23)cc1. The molecule has 0 saturated carbocycles. The number of hydrogen-bond acceptors (Lipinski definition) is 7. The molecule has 4 aromatic rings. The van der Waals surface area contributed by atoms with E-state index in [9.17, 15) is 13.2 Å². The number of carbonyl (C=O) groups is 1. The summed E-state index contributed by atoms with van der Waals surface area (Å²) in [6, 6.07) is 11.8. The largest absolute Gasteiger partial charge is 0.346 e. The van der Waals surface area contributed by atoms with Crippen molar-refractivity contribution >= 4 is 38.0 Å². The molecule has 0 bridgehead atoms. The number of hydrogen-bond donors (Lipinski definition) is 2. The predicted octanol–water partition coefficient (Wildman–Crippen LogP) is 4.36. The second-order valence-corrected chi connectivity index (χ2v) is 9.71. The lowest BCUT2D eigenvalue weighted by molar-refractivity contribution is -0.114. The second-order valence-electron chi connectivity index (χ2n) is 7.68. The number of aryl methyl sites for hydroxylation is 1. The number of rotatable bonds is 7. The molecule has 3 aromatic heterocycles. The summed E-state index contributed by atoms with van der Waals surface area (Å²) in [5.74, 6) is 0.186. The molecule has 0 spiro atoms. The van der Waals surface area contributed by atoms with E-state index >= 15 is 0 Å². The molecule has 172 valence electrons. The molecule has 0 saturated heterocycles. The van der Waals surface area contributed by atoms with Gasteiger partial charge in [-0.1, -0.05) is 6.08 Å². The minimum atomic E-state index is -3.54. The first-order valence-corrected chi connectivity index (χ1v) is 12.2. The van der Waals surface area contributed by atoms with Gasteiger partial charge < -0.3 is 10.6 Å². The first kappa shape index (κ1) is 23.1. The number of fused-ring (bicyclic) bond motifs is 1. The van der Waals surface area contributed by atoms with Crippen LogP contribution in [0.5, 0.6) is 0 Å². The van der Waals surface area contributed by atoms with Gasteiger partial charge in [0.25, 0.3) is 0 Å². The van der Waals surface area contributed by atoms with Gasteiger partial charge in [-0.3, -0.25) is 14.8 Å². The fraction of sp³-hybridized carbons (Fsp3) is 0.120. The highest BCUT2D eigenvalue weighted by Gasteiger charge is 2.13. The van der Waals surface area contributed by atoms with Gasteiger partial charge in [-0.05, 0) is 61.2 Å². The zero-order valence-corrected chi connectivity index (χ0v) is 19.5. The van der Waals surface area contributed by atoms with Crippen molar-refractivity contribution in [2.45, 2.75) is 18.7 Å². The third-order valence-corrected chi connectivity index (χ3v) is 6.74. The summed E-state index contributed by atoms with van der Waals surface area (Å²) in [5, 5.41) is 7.52. The Morgan fingerprint density at radius 3 is 2.50 bits per heavy atom. The van der Waals surface area contributed by atoms with E-state index in [1.807, 2.05) is 25.1 Å². The van der Waals surface area contributed by atoms with Crippen molar-refractivity contribution in [3.8, 4) is 11.3 Å². The van der Waals surface area contributed by atoms with Gasteiger partial charge in [0.05, 0.1) is 16.3 Å². The maximum atomic E-state index is 12.7. The fourth-order valence-corrected chi connectivity index (χ4v) is 4.56. The van der Waals surface area contributed by atoms with Gasteiger partial charge in [-0.15, -0.1) is 0 Å². The lowest BCUT2D eigenvalue weighted by Crippen LogP contribution is -2.08. The number of carbonyl (C=O) groups excluding carboxylic acids is 1. The minimum absolute atomic E-state index is 0.177. The molecule has 8 nitrogen and oxygen atoms in total. The van der Waals surface area contributed by atoms with Gasteiger partial charge in [0, 0.05) is 53.7 Å². The maximum absolute atomic E-state index is 12.7. The highest BCUT2D eigenvalue weighted by molar-refractivity contribution is 7.91. The van der Waals surface area contributed by atoms with Crippen LogP contribution in [0.1, 0.15) is 12.5 Å². The minimum Gasteiger partial charge on any atom is -0.346 e. The molecule has 0 radical (unpaired) electrons. The fourth-order valence-electron chi connectivity index (χ4n) is 3.46. The van der Waals surface area contributed by atoms with Crippen LogP contribution in [0.2, 0.25) is 0 Å². The molecule has 0 unspecified atom stereocenters. The third-order valence-electron chi connectivity index (χ3n) is 5.12. The molecular weight excluding hydrogens is 450 g/mol. The summed E-state index contributed by atoms with van der Waals surface area (Å²) in [5.41, 5.74) is 3.26. The van der Waals surface area contributed by atoms with Crippen LogP contribution in [0.25, 0.3) is 22.0 Å². The van der Waals surface area contributed by atoms with E-state index in [-0.39, 0.29) is 16.6 Å². The molecule has 0 aliphatic carbocycles. The number of amides is 1. The normalized spacial score (nSPS) is 11.6. The number of nitrogens with zero attached hydrogens (tertiary/aromatic N) is 3. The number of anilines is 2. The van der Waals surface area contributed by atoms with Crippen LogP contribution in [0.15, 0.2) is 84.4 Å². The molecule has 1 aromatic carbocycles. The van der Waals surface area contributed by atoms with Crippen molar-refractivity contribution in [1.29, 1.82) is 0 Å². The zero-order chi connectivity index (χ0) is 24.1. The predicted molar refractivity (Wildman–Crippen MR) is 133 cm³/mol. The number of pyridine rings is 3. The van der Waals surface area contributed by atoms with Crippen LogP contribution in [0.3, 0.4) is 0 Å². The number of sulfone groups is 1. The molecule has 0 aliphatic rings. The van der Waals surface area contributed by atoms with E-state index in [4.69, 9.17) is 4.98 Å². The third kappa shape index (κ3) is 5.26. The Hall–Kier alpha value is -4.11. The highest BCUT2D eigenvalue weighted by Crippen LogP contribution is 2.28. The molecule has 0 atom stereocenters. The second kappa shape index (κ2) is 9.80. The first-order valence-electron chi connectivity index (χ1n) is 10.5. The van der Waals surface area contributed by atoms with Crippen molar-refractivity contribution in [2.24, 2.45) is 0 Å². The molecule has 1 amide bonds. The summed E-state index contributed by atoms with van der Waals surface area (Å²) in [6.07, 6.45) is 10.1. The molecule has 2 N–H and O–H groups in total. The van der Waals surface area contributed by atoms with Crippen LogP contribution < -0.4 is 10.6 Å².